The van der Waals surface area contributed by atoms with Crippen molar-refractivity contribution in [3.05, 3.63) is 69.9 Å². The zero-order valence-corrected chi connectivity index (χ0v) is 18.2. The number of nitrogens with zero attached hydrogens (tertiary/aromatic N) is 1. The van der Waals surface area contributed by atoms with Crippen LogP contribution in [-0.4, -0.2) is 31.4 Å². The van der Waals surface area contributed by atoms with E-state index in [0.29, 0.717) is 24.0 Å². The first kappa shape index (κ1) is 21.2. The standard InChI is InChI=1S/C22H20N2O5S2/c1-13(25)24-16(10-15-4-2-3-5-20(15)24)11-17-12-19(21(30-17)22(26)27)14-6-8-18(9-7-14)31(23,28)29/h2-9,12,16H,10-11H2,1H3,(H,26,27)(H2,23,28,29). The number of para-hydroxylation sites is 1. The Morgan fingerprint density at radius 2 is 1.84 bits per heavy atom. The number of carboxylic acid groups (broad SMARTS) is 1. The van der Waals surface area contributed by atoms with Crippen LogP contribution in [0.2, 0.25) is 0 Å². The van der Waals surface area contributed by atoms with Crippen LogP contribution in [0.3, 0.4) is 0 Å². The lowest BCUT2D eigenvalue weighted by Crippen LogP contribution is -2.37. The van der Waals surface area contributed by atoms with Gasteiger partial charge in [-0.2, -0.15) is 0 Å². The Balaban J connectivity index is 1.67. The lowest BCUT2D eigenvalue weighted by molar-refractivity contribution is -0.116. The number of carboxylic acids is 1. The van der Waals surface area contributed by atoms with Gasteiger partial charge in [0.25, 0.3) is 0 Å². The Kier molecular flexibility index (Phi) is 5.42. The first-order chi connectivity index (χ1) is 14.6. The van der Waals surface area contributed by atoms with Crippen molar-refractivity contribution in [2.24, 2.45) is 5.14 Å². The summed E-state index contributed by atoms with van der Waals surface area (Å²) in [6.45, 7) is 1.53. The van der Waals surface area contributed by atoms with E-state index >= 15 is 0 Å². The van der Waals surface area contributed by atoms with E-state index in [1.807, 2.05) is 24.3 Å². The average Bonchev–Trinajstić information content (AvgIpc) is 3.29. The zero-order valence-electron chi connectivity index (χ0n) is 16.6. The van der Waals surface area contributed by atoms with Crippen molar-refractivity contribution in [1.82, 2.24) is 0 Å². The lowest BCUT2D eigenvalue weighted by atomic mass is 10.0. The van der Waals surface area contributed by atoms with E-state index in [4.69, 9.17) is 5.14 Å². The van der Waals surface area contributed by atoms with Gasteiger partial charge in [0.05, 0.1) is 4.90 Å². The molecule has 0 aliphatic carbocycles. The minimum absolute atomic E-state index is 0.0376. The van der Waals surface area contributed by atoms with E-state index in [0.717, 1.165) is 16.1 Å². The van der Waals surface area contributed by atoms with Crippen LogP contribution in [0, 0.1) is 0 Å². The summed E-state index contributed by atoms with van der Waals surface area (Å²) in [5.41, 5.74) is 3.09. The van der Waals surface area contributed by atoms with Gasteiger partial charge in [-0.3, -0.25) is 4.79 Å². The molecular weight excluding hydrogens is 436 g/mol. The largest absolute Gasteiger partial charge is 0.477 e. The second-order valence-corrected chi connectivity index (χ2v) is 10.1. The Morgan fingerprint density at radius 1 is 1.16 bits per heavy atom. The van der Waals surface area contributed by atoms with Crippen molar-refractivity contribution < 1.29 is 23.1 Å². The SMILES string of the molecule is CC(=O)N1c2ccccc2CC1Cc1cc(-c2ccc(S(N)(=O)=O)cc2)c(C(=O)O)s1. The summed E-state index contributed by atoms with van der Waals surface area (Å²) in [4.78, 5) is 26.9. The minimum atomic E-state index is -3.83. The third-order valence-corrected chi connectivity index (χ3v) is 7.39. The lowest BCUT2D eigenvalue weighted by Gasteiger charge is -2.23. The third-order valence-electron chi connectivity index (χ3n) is 5.32. The molecule has 3 N–H and O–H groups in total. The zero-order chi connectivity index (χ0) is 22.3. The fraction of sp³-hybridized carbons (Fsp3) is 0.182. The summed E-state index contributed by atoms with van der Waals surface area (Å²) < 4.78 is 23.0. The van der Waals surface area contributed by atoms with E-state index in [1.165, 1.54) is 30.4 Å². The first-order valence-corrected chi connectivity index (χ1v) is 11.9. The van der Waals surface area contributed by atoms with Gasteiger partial charge in [0.15, 0.2) is 0 Å². The minimum Gasteiger partial charge on any atom is -0.477 e. The molecule has 4 rings (SSSR count). The van der Waals surface area contributed by atoms with Crippen molar-refractivity contribution >= 4 is 38.9 Å². The highest BCUT2D eigenvalue weighted by Gasteiger charge is 2.32. The van der Waals surface area contributed by atoms with Gasteiger partial charge >= 0.3 is 5.97 Å². The number of carbonyl (C=O) groups is 2. The van der Waals surface area contributed by atoms with E-state index in [9.17, 15) is 23.1 Å². The van der Waals surface area contributed by atoms with E-state index < -0.39 is 16.0 Å². The van der Waals surface area contributed by atoms with Gasteiger partial charge in [-0.25, -0.2) is 18.4 Å². The van der Waals surface area contributed by atoms with Gasteiger partial charge in [-0.1, -0.05) is 30.3 Å². The van der Waals surface area contributed by atoms with E-state index in [2.05, 4.69) is 0 Å². The van der Waals surface area contributed by atoms with Crippen molar-refractivity contribution in [3.63, 3.8) is 0 Å². The van der Waals surface area contributed by atoms with Crippen LogP contribution < -0.4 is 10.0 Å². The molecule has 0 bridgehead atoms. The molecule has 7 nitrogen and oxygen atoms in total. The molecule has 9 heteroatoms. The molecule has 0 saturated heterocycles. The molecule has 0 spiro atoms. The van der Waals surface area contributed by atoms with Gasteiger partial charge in [-0.05, 0) is 41.8 Å². The Bertz CT molecular complexity index is 1280. The molecule has 0 fully saturated rings. The summed E-state index contributed by atoms with van der Waals surface area (Å²) in [7, 11) is -3.83. The predicted octanol–water partition coefficient (Wildman–Crippen LogP) is 3.28. The van der Waals surface area contributed by atoms with Gasteiger partial charge < -0.3 is 10.0 Å². The van der Waals surface area contributed by atoms with Crippen molar-refractivity contribution in [2.45, 2.75) is 30.7 Å². The molecule has 1 aromatic heterocycles. The maximum Gasteiger partial charge on any atom is 0.346 e. The number of hydrogen-bond acceptors (Lipinski definition) is 5. The van der Waals surface area contributed by atoms with Crippen LogP contribution >= 0.6 is 11.3 Å². The molecular formula is C22H20N2O5S2. The summed E-state index contributed by atoms with van der Waals surface area (Å²) in [5.74, 6) is -1.11. The van der Waals surface area contributed by atoms with Gasteiger partial charge in [0.1, 0.15) is 4.88 Å². The Labute approximate surface area is 183 Å². The molecule has 31 heavy (non-hydrogen) atoms. The van der Waals surface area contributed by atoms with Crippen LogP contribution in [0.5, 0.6) is 0 Å². The molecule has 3 aromatic rings. The summed E-state index contributed by atoms with van der Waals surface area (Å²) in [6.07, 6.45) is 1.23. The number of fused-ring (bicyclic) bond motifs is 1. The predicted molar refractivity (Wildman–Crippen MR) is 119 cm³/mol. The number of sulfonamides is 1. The van der Waals surface area contributed by atoms with Gasteiger partial charge in [0, 0.05) is 35.5 Å². The molecule has 0 saturated carbocycles. The number of carbonyl (C=O) groups excluding carboxylic acids is 1. The van der Waals surface area contributed by atoms with Crippen LogP contribution in [0.25, 0.3) is 11.1 Å². The Morgan fingerprint density at radius 3 is 2.45 bits per heavy atom. The highest BCUT2D eigenvalue weighted by molar-refractivity contribution is 7.89. The van der Waals surface area contributed by atoms with Crippen LogP contribution in [-0.2, 0) is 27.7 Å². The number of amides is 1. The van der Waals surface area contributed by atoms with Crippen LogP contribution in [0.4, 0.5) is 5.69 Å². The number of benzene rings is 2. The van der Waals surface area contributed by atoms with Crippen LogP contribution in [0.1, 0.15) is 27.0 Å². The number of rotatable bonds is 5. The van der Waals surface area contributed by atoms with Crippen molar-refractivity contribution in [2.75, 3.05) is 4.90 Å². The molecule has 1 amide bonds. The number of thiophene rings is 1. The normalized spacial score (nSPS) is 15.7. The third kappa shape index (κ3) is 4.12. The van der Waals surface area contributed by atoms with E-state index in [-0.39, 0.29) is 21.7 Å². The maximum absolute atomic E-state index is 12.3. The monoisotopic (exact) mass is 456 g/mol. The molecule has 1 unspecified atom stereocenters. The number of anilines is 1. The topological polar surface area (TPSA) is 118 Å². The van der Waals surface area contributed by atoms with Gasteiger partial charge in [-0.15, -0.1) is 11.3 Å². The van der Waals surface area contributed by atoms with Crippen LogP contribution in [0.15, 0.2) is 59.5 Å². The second-order valence-electron chi connectivity index (χ2n) is 7.41. The Hall–Kier alpha value is -3.01. The summed E-state index contributed by atoms with van der Waals surface area (Å²) >= 11 is 1.17. The molecule has 1 atom stereocenters. The number of hydrogen-bond donors (Lipinski definition) is 2. The first-order valence-electron chi connectivity index (χ1n) is 9.52. The fourth-order valence-electron chi connectivity index (χ4n) is 4.02. The van der Waals surface area contributed by atoms with Crippen molar-refractivity contribution in [3.8, 4) is 11.1 Å². The molecule has 2 heterocycles. The molecule has 2 aromatic carbocycles. The van der Waals surface area contributed by atoms with Gasteiger partial charge in [0.2, 0.25) is 15.9 Å². The molecule has 0 radical (unpaired) electrons. The average molecular weight is 457 g/mol. The number of aromatic carboxylic acids is 1. The smallest absolute Gasteiger partial charge is 0.346 e. The molecule has 1 aliphatic heterocycles. The number of nitrogens with two attached hydrogens (primary N) is 1. The second kappa shape index (κ2) is 7.92. The fourth-order valence-corrected chi connectivity index (χ4v) is 5.63. The highest BCUT2D eigenvalue weighted by atomic mass is 32.2. The summed E-state index contributed by atoms with van der Waals surface area (Å²) in [6, 6.07) is 15.3. The van der Waals surface area contributed by atoms with Crippen molar-refractivity contribution in [1.29, 1.82) is 0 Å². The van der Waals surface area contributed by atoms with E-state index in [1.54, 1.807) is 23.1 Å². The quantitative estimate of drug-likeness (QED) is 0.611. The molecule has 160 valence electrons. The number of primary sulfonamides is 1. The summed E-state index contributed by atoms with van der Waals surface area (Å²) in [5, 5.41) is 14.8. The maximum atomic E-state index is 12.3. The molecule has 1 aliphatic rings. The highest BCUT2D eigenvalue weighted by Crippen LogP contribution is 2.37.